The molecule has 0 spiro atoms. The van der Waals surface area contributed by atoms with Crippen LogP contribution in [0.5, 0.6) is 0 Å². The standard InChI is InChI=1S/C10H12ClF3N2O3/c11-7-1-6(10(12,13)14)2-8(15-7)16-9(3-17,4-18)5-19/h1-2,17-19H,3-5H2,(H,15,16). The number of rotatable bonds is 5. The molecular formula is C10H12ClF3N2O3. The lowest BCUT2D eigenvalue weighted by atomic mass is 10.0. The molecule has 1 rings (SSSR count). The van der Waals surface area contributed by atoms with Crippen molar-refractivity contribution < 1.29 is 28.5 Å². The number of aromatic nitrogens is 1. The Kier molecular flexibility index (Phi) is 4.97. The fourth-order valence-electron chi connectivity index (χ4n) is 1.26. The van der Waals surface area contributed by atoms with Crippen molar-refractivity contribution in [2.45, 2.75) is 11.7 Å². The molecule has 0 saturated carbocycles. The number of alkyl halides is 3. The highest BCUT2D eigenvalue weighted by Gasteiger charge is 2.33. The zero-order valence-corrected chi connectivity index (χ0v) is 10.3. The molecule has 9 heteroatoms. The Labute approximate surface area is 111 Å². The van der Waals surface area contributed by atoms with Crippen molar-refractivity contribution in [1.82, 2.24) is 4.98 Å². The highest BCUT2D eigenvalue weighted by molar-refractivity contribution is 6.29. The van der Waals surface area contributed by atoms with Gasteiger partial charge >= 0.3 is 6.18 Å². The molecule has 0 fully saturated rings. The van der Waals surface area contributed by atoms with Gasteiger partial charge in [-0.15, -0.1) is 0 Å². The fraction of sp³-hybridized carbons (Fsp3) is 0.500. The van der Waals surface area contributed by atoms with Crippen molar-refractivity contribution >= 4 is 17.4 Å². The van der Waals surface area contributed by atoms with Gasteiger partial charge in [-0.3, -0.25) is 0 Å². The van der Waals surface area contributed by atoms with E-state index in [0.717, 1.165) is 0 Å². The Balaban J connectivity index is 3.11. The third kappa shape index (κ3) is 3.93. The predicted molar refractivity (Wildman–Crippen MR) is 61.9 cm³/mol. The zero-order valence-electron chi connectivity index (χ0n) is 9.58. The normalized spacial score (nSPS) is 12.6. The molecule has 0 unspecified atom stereocenters. The number of pyridine rings is 1. The Morgan fingerprint density at radius 2 is 1.63 bits per heavy atom. The number of hydrogen-bond acceptors (Lipinski definition) is 5. The van der Waals surface area contributed by atoms with Gasteiger partial charge in [-0.05, 0) is 12.1 Å². The second-order valence-corrected chi connectivity index (χ2v) is 4.33. The summed E-state index contributed by atoms with van der Waals surface area (Å²) in [6.45, 7) is -2.10. The Bertz CT molecular complexity index is 430. The average molecular weight is 301 g/mol. The van der Waals surface area contributed by atoms with Crippen LogP contribution in [-0.4, -0.2) is 45.7 Å². The molecule has 0 aromatic carbocycles. The molecule has 0 aliphatic rings. The van der Waals surface area contributed by atoms with E-state index in [1.807, 2.05) is 0 Å². The molecule has 0 radical (unpaired) electrons. The Morgan fingerprint density at radius 1 is 1.11 bits per heavy atom. The molecule has 19 heavy (non-hydrogen) atoms. The molecule has 5 nitrogen and oxygen atoms in total. The minimum Gasteiger partial charge on any atom is -0.394 e. The second-order valence-electron chi connectivity index (χ2n) is 3.94. The van der Waals surface area contributed by atoms with E-state index in [0.29, 0.717) is 12.1 Å². The summed E-state index contributed by atoms with van der Waals surface area (Å²) < 4.78 is 37.7. The minimum atomic E-state index is -4.61. The van der Waals surface area contributed by atoms with Crippen molar-refractivity contribution in [2.75, 3.05) is 25.1 Å². The lowest BCUT2D eigenvalue weighted by molar-refractivity contribution is -0.137. The van der Waals surface area contributed by atoms with E-state index in [9.17, 15) is 13.2 Å². The van der Waals surface area contributed by atoms with Gasteiger partial charge in [0.25, 0.3) is 0 Å². The third-order valence-electron chi connectivity index (χ3n) is 2.42. The summed E-state index contributed by atoms with van der Waals surface area (Å²) in [7, 11) is 0. The SMILES string of the molecule is OCC(CO)(CO)Nc1cc(C(F)(F)F)cc(Cl)n1. The summed E-state index contributed by atoms with van der Waals surface area (Å²) in [5.74, 6) is -0.308. The maximum atomic E-state index is 12.6. The number of aliphatic hydroxyl groups is 3. The van der Waals surface area contributed by atoms with E-state index in [1.54, 1.807) is 0 Å². The van der Waals surface area contributed by atoms with Gasteiger partial charge in [0.2, 0.25) is 0 Å². The first-order chi connectivity index (χ1) is 8.76. The molecule has 4 N–H and O–H groups in total. The van der Waals surface area contributed by atoms with Gasteiger partial charge in [-0.25, -0.2) is 4.98 Å². The molecule has 0 saturated heterocycles. The van der Waals surface area contributed by atoms with Gasteiger partial charge in [-0.1, -0.05) is 11.6 Å². The van der Waals surface area contributed by atoms with Crippen LogP contribution in [0.2, 0.25) is 5.15 Å². The van der Waals surface area contributed by atoms with Crippen LogP contribution in [0.25, 0.3) is 0 Å². The number of aliphatic hydroxyl groups excluding tert-OH is 3. The summed E-state index contributed by atoms with van der Waals surface area (Å²) >= 11 is 5.48. The monoisotopic (exact) mass is 300 g/mol. The van der Waals surface area contributed by atoms with Gasteiger partial charge in [0.15, 0.2) is 0 Å². The molecule has 0 bridgehead atoms. The van der Waals surface area contributed by atoms with Gasteiger partial charge < -0.3 is 20.6 Å². The number of hydrogen-bond donors (Lipinski definition) is 4. The Hall–Kier alpha value is -1.09. The first kappa shape index (κ1) is 16.0. The van der Waals surface area contributed by atoms with Crippen LogP contribution in [0.4, 0.5) is 19.0 Å². The topological polar surface area (TPSA) is 85.6 Å². The lowest BCUT2D eigenvalue weighted by Crippen LogP contribution is -2.49. The minimum absolute atomic E-state index is 0.308. The van der Waals surface area contributed by atoms with Crippen LogP contribution in [-0.2, 0) is 6.18 Å². The van der Waals surface area contributed by atoms with Crippen molar-refractivity contribution in [2.24, 2.45) is 0 Å². The maximum Gasteiger partial charge on any atom is 0.416 e. The van der Waals surface area contributed by atoms with Gasteiger partial charge in [0.1, 0.15) is 16.5 Å². The van der Waals surface area contributed by atoms with E-state index in [-0.39, 0.29) is 5.82 Å². The molecule has 1 heterocycles. The van der Waals surface area contributed by atoms with Crippen LogP contribution < -0.4 is 5.32 Å². The third-order valence-corrected chi connectivity index (χ3v) is 2.62. The smallest absolute Gasteiger partial charge is 0.394 e. The number of halogens is 4. The maximum absolute atomic E-state index is 12.6. The van der Waals surface area contributed by atoms with Crippen molar-refractivity contribution in [3.63, 3.8) is 0 Å². The summed E-state index contributed by atoms with van der Waals surface area (Å²) in [6.07, 6.45) is -4.61. The van der Waals surface area contributed by atoms with Gasteiger partial charge in [0.05, 0.1) is 25.4 Å². The van der Waals surface area contributed by atoms with Crippen LogP contribution >= 0.6 is 11.6 Å². The number of anilines is 1. The molecule has 0 amide bonds. The molecular weight excluding hydrogens is 289 g/mol. The molecule has 0 aliphatic carbocycles. The van der Waals surface area contributed by atoms with Crippen LogP contribution in [0.15, 0.2) is 12.1 Å². The fourth-order valence-corrected chi connectivity index (χ4v) is 1.47. The quantitative estimate of drug-likeness (QED) is 0.607. The Morgan fingerprint density at radius 3 is 2.05 bits per heavy atom. The predicted octanol–water partition coefficient (Wildman–Crippen LogP) is 0.881. The van der Waals surface area contributed by atoms with Gasteiger partial charge in [0, 0.05) is 0 Å². The van der Waals surface area contributed by atoms with E-state index >= 15 is 0 Å². The van der Waals surface area contributed by atoms with Crippen molar-refractivity contribution in [3.8, 4) is 0 Å². The molecule has 0 atom stereocenters. The zero-order chi connectivity index (χ0) is 14.7. The number of nitrogens with one attached hydrogen (secondary N) is 1. The van der Waals surface area contributed by atoms with Crippen molar-refractivity contribution in [1.29, 1.82) is 0 Å². The molecule has 0 aliphatic heterocycles. The first-order valence-corrected chi connectivity index (χ1v) is 5.50. The molecule has 108 valence electrons. The largest absolute Gasteiger partial charge is 0.416 e. The summed E-state index contributed by atoms with van der Waals surface area (Å²) in [5.41, 5.74) is -2.61. The lowest BCUT2D eigenvalue weighted by Gasteiger charge is -2.29. The summed E-state index contributed by atoms with van der Waals surface area (Å²) in [5, 5.41) is 29.2. The van der Waals surface area contributed by atoms with Crippen LogP contribution in [0, 0.1) is 0 Å². The van der Waals surface area contributed by atoms with Crippen LogP contribution in [0.1, 0.15) is 5.56 Å². The van der Waals surface area contributed by atoms with E-state index in [2.05, 4.69) is 10.3 Å². The summed E-state index contributed by atoms with van der Waals surface area (Å²) in [6, 6.07) is 1.31. The van der Waals surface area contributed by atoms with E-state index in [1.165, 1.54) is 0 Å². The van der Waals surface area contributed by atoms with Crippen molar-refractivity contribution in [3.05, 3.63) is 22.8 Å². The van der Waals surface area contributed by atoms with Gasteiger partial charge in [-0.2, -0.15) is 13.2 Å². The molecule has 1 aromatic rings. The van der Waals surface area contributed by atoms with E-state index in [4.69, 9.17) is 26.9 Å². The highest BCUT2D eigenvalue weighted by atomic mass is 35.5. The number of nitrogens with zero attached hydrogens (tertiary/aromatic N) is 1. The summed E-state index contributed by atoms with van der Waals surface area (Å²) in [4.78, 5) is 3.60. The van der Waals surface area contributed by atoms with E-state index < -0.39 is 42.3 Å². The highest BCUT2D eigenvalue weighted by Crippen LogP contribution is 2.32. The molecule has 1 aromatic heterocycles. The van der Waals surface area contributed by atoms with Crippen LogP contribution in [0.3, 0.4) is 0 Å². The second kappa shape index (κ2) is 5.91. The first-order valence-electron chi connectivity index (χ1n) is 5.12. The average Bonchev–Trinajstić information content (AvgIpc) is 2.34.